The van der Waals surface area contributed by atoms with Crippen molar-refractivity contribution in [2.75, 3.05) is 16.8 Å². The lowest BCUT2D eigenvalue weighted by atomic mass is 10.1. The van der Waals surface area contributed by atoms with Gasteiger partial charge in [0.25, 0.3) is 5.89 Å². The maximum absolute atomic E-state index is 12.8. The number of hydrogen-bond donors (Lipinski definition) is 1. The molecule has 0 saturated carbocycles. The van der Waals surface area contributed by atoms with Crippen LogP contribution in [0.3, 0.4) is 0 Å². The van der Waals surface area contributed by atoms with E-state index >= 15 is 0 Å². The predicted molar refractivity (Wildman–Crippen MR) is 136 cm³/mol. The van der Waals surface area contributed by atoms with E-state index in [1.165, 1.54) is 0 Å². The number of carbonyl (C=O) groups is 2. The second-order valence-electron chi connectivity index (χ2n) is 8.86. The number of rotatable bonds is 7. The summed E-state index contributed by atoms with van der Waals surface area (Å²) in [6, 6.07) is 22.6. The van der Waals surface area contributed by atoms with Gasteiger partial charge in [-0.2, -0.15) is 0 Å². The van der Waals surface area contributed by atoms with Crippen LogP contribution in [0.15, 0.2) is 77.2 Å². The minimum absolute atomic E-state index is 0.0469. The van der Waals surface area contributed by atoms with Crippen molar-refractivity contribution in [2.24, 2.45) is 5.92 Å². The topological polar surface area (TPSA) is 97.6 Å². The van der Waals surface area contributed by atoms with E-state index in [0.717, 1.165) is 22.4 Å². The Morgan fingerprint density at radius 1 is 1.03 bits per heavy atom. The molecule has 182 valence electrons. The average Bonchev–Trinajstić information content (AvgIpc) is 3.51. The van der Waals surface area contributed by atoms with Crippen LogP contribution < -0.4 is 15.0 Å². The van der Waals surface area contributed by atoms with Crippen molar-refractivity contribution in [3.8, 4) is 17.2 Å². The number of nitrogens with one attached hydrogen (secondary N) is 1. The van der Waals surface area contributed by atoms with Crippen LogP contribution >= 0.6 is 0 Å². The highest BCUT2D eigenvalue weighted by atomic mass is 16.5. The SMILES string of the molecule is Cc1ccc(N2C[C@@H](C(=O)Nc3ccc(OCc4nnc(-c5ccccc5C)o4)cc3)CC2=O)cc1. The Morgan fingerprint density at radius 3 is 2.53 bits per heavy atom. The summed E-state index contributed by atoms with van der Waals surface area (Å²) >= 11 is 0. The second-order valence-corrected chi connectivity index (χ2v) is 8.86. The molecule has 1 aromatic heterocycles. The third-order valence-corrected chi connectivity index (χ3v) is 6.17. The van der Waals surface area contributed by atoms with Crippen molar-refractivity contribution in [3.63, 3.8) is 0 Å². The minimum Gasteiger partial charge on any atom is -0.484 e. The molecule has 1 fully saturated rings. The van der Waals surface area contributed by atoms with Gasteiger partial charge in [0.05, 0.1) is 5.92 Å². The molecule has 1 aliphatic heterocycles. The van der Waals surface area contributed by atoms with E-state index in [2.05, 4.69) is 15.5 Å². The number of hydrogen-bond acceptors (Lipinski definition) is 6. The van der Waals surface area contributed by atoms with E-state index in [-0.39, 0.29) is 24.8 Å². The molecule has 0 radical (unpaired) electrons. The van der Waals surface area contributed by atoms with Gasteiger partial charge in [-0.25, -0.2) is 0 Å². The van der Waals surface area contributed by atoms with E-state index in [0.29, 0.717) is 29.8 Å². The van der Waals surface area contributed by atoms with Crippen molar-refractivity contribution in [1.82, 2.24) is 10.2 Å². The largest absolute Gasteiger partial charge is 0.484 e. The number of aromatic nitrogens is 2. The molecular weight excluding hydrogens is 456 g/mol. The van der Waals surface area contributed by atoms with E-state index < -0.39 is 5.92 Å². The molecule has 8 heteroatoms. The van der Waals surface area contributed by atoms with Crippen molar-refractivity contribution in [1.29, 1.82) is 0 Å². The number of anilines is 2. The van der Waals surface area contributed by atoms with E-state index in [1.54, 1.807) is 29.2 Å². The highest BCUT2D eigenvalue weighted by molar-refractivity contribution is 6.03. The molecule has 2 heterocycles. The molecule has 2 amide bonds. The zero-order chi connectivity index (χ0) is 25.1. The van der Waals surface area contributed by atoms with Crippen LogP contribution in [0.25, 0.3) is 11.5 Å². The zero-order valence-electron chi connectivity index (χ0n) is 20.1. The lowest BCUT2D eigenvalue weighted by molar-refractivity contribution is -0.122. The molecule has 0 aliphatic carbocycles. The van der Waals surface area contributed by atoms with Gasteiger partial charge >= 0.3 is 0 Å². The predicted octanol–water partition coefficient (Wildman–Crippen LogP) is 4.92. The lowest BCUT2D eigenvalue weighted by Gasteiger charge is -2.17. The Balaban J connectivity index is 1.14. The Bertz CT molecular complexity index is 1380. The second kappa shape index (κ2) is 10.0. The Labute approximate surface area is 208 Å². The number of ether oxygens (including phenoxy) is 1. The number of amides is 2. The van der Waals surface area contributed by atoms with Crippen LogP contribution in [-0.2, 0) is 16.2 Å². The maximum Gasteiger partial charge on any atom is 0.254 e. The highest BCUT2D eigenvalue weighted by Gasteiger charge is 2.35. The number of aryl methyl sites for hydroxylation is 2. The first kappa shape index (κ1) is 23.3. The van der Waals surface area contributed by atoms with Crippen molar-refractivity contribution in [3.05, 3.63) is 89.8 Å². The fourth-order valence-corrected chi connectivity index (χ4v) is 4.11. The molecule has 1 saturated heterocycles. The van der Waals surface area contributed by atoms with Crippen molar-refractivity contribution < 1.29 is 18.7 Å². The third kappa shape index (κ3) is 5.12. The maximum atomic E-state index is 12.8. The van der Waals surface area contributed by atoms with Crippen molar-refractivity contribution in [2.45, 2.75) is 26.9 Å². The molecule has 1 atom stereocenters. The standard InChI is InChI=1S/C28H26N4O4/c1-18-7-11-22(12-8-18)32-16-20(15-26(32)33)27(34)29-21-9-13-23(14-10-21)35-17-25-30-31-28(36-25)24-6-4-3-5-19(24)2/h3-14,20H,15-17H2,1-2H3,(H,29,34)/t20-/m0/s1. The van der Waals surface area contributed by atoms with Gasteiger partial charge in [0.15, 0.2) is 6.61 Å². The first-order valence-electron chi connectivity index (χ1n) is 11.8. The van der Waals surface area contributed by atoms with E-state index in [9.17, 15) is 9.59 Å². The molecule has 8 nitrogen and oxygen atoms in total. The van der Waals surface area contributed by atoms with Gasteiger partial charge in [0.1, 0.15) is 5.75 Å². The van der Waals surface area contributed by atoms with Crippen LogP contribution in [0.4, 0.5) is 11.4 Å². The highest BCUT2D eigenvalue weighted by Crippen LogP contribution is 2.27. The number of nitrogens with zero attached hydrogens (tertiary/aromatic N) is 3. The minimum atomic E-state index is -0.408. The van der Waals surface area contributed by atoms with Gasteiger partial charge in [-0.15, -0.1) is 10.2 Å². The van der Waals surface area contributed by atoms with Crippen LogP contribution in [0, 0.1) is 19.8 Å². The van der Waals surface area contributed by atoms with Crippen LogP contribution in [0.1, 0.15) is 23.4 Å². The molecule has 4 aromatic rings. The molecular formula is C28H26N4O4. The quantitative estimate of drug-likeness (QED) is 0.401. The first-order valence-corrected chi connectivity index (χ1v) is 11.8. The molecule has 1 aliphatic rings. The van der Waals surface area contributed by atoms with Gasteiger partial charge in [-0.3, -0.25) is 9.59 Å². The summed E-state index contributed by atoms with van der Waals surface area (Å²) in [5.41, 5.74) is 4.51. The Kier molecular flexibility index (Phi) is 6.49. The normalized spacial score (nSPS) is 15.2. The summed E-state index contributed by atoms with van der Waals surface area (Å²) in [7, 11) is 0. The van der Waals surface area contributed by atoms with Crippen LogP contribution in [0.2, 0.25) is 0 Å². The monoisotopic (exact) mass is 482 g/mol. The van der Waals surface area contributed by atoms with Gasteiger partial charge in [-0.1, -0.05) is 35.9 Å². The molecule has 0 bridgehead atoms. The molecule has 3 aromatic carbocycles. The van der Waals surface area contributed by atoms with E-state index in [1.807, 2.05) is 62.4 Å². The van der Waals surface area contributed by atoms with Gasteiger partial charge in [-0.05, 0) is 61.9 Å². The lowest BCUT2D eigenvalue weighted by Crippen LogP contribution is -2.28. The van der Waals surface area contributed by atoms with Gasteiger partial charge in [0, 0.05) is 29.9 Å². The van der Waals surface area contributed by atoms with Crippen LogP contribution in [0.5, 0.6) is 5.75 Å². The Hall–Kier alpha value is -4.46. The fourth-order valence-electron chi connectivity index (χ4n) is 4.11. The first-order chi connectivity index (χ1) is 17.5. The van der Waals surface area contributed by atoms with Crippen LogP contribution in [-0.4, -0.2) is 28.6 Å². The summed E-state index contributed by atoms with van der Waals surface area (Å²) in [6.07, 6.45) is 0.190. The molecule has 5 rings (SSSR count). The fraction of sp³-hybridized carbons (Fsp3) is 0.214. The summed E-state index contributed by atoms with van der Waals surface area (Å²) < 4.78 is 11.5. The number of benzene rings is 3. The summed E-state index contributed by atoms with van der Waals surface area (Å²) in [6.45, 7) is 4.48. The molecule has 0 unspecified atom stereocenters. The zero-order valence-corrected chi connectivity index (χ0v) is 20.1. The van der Waals surface area contributed by atoms with E-state index in [4.69, 9.17) is 9.15 Å². The Morgan fingerprint density at radius 2 is 1.78 bits per heavy atom. The van der Waals surface area contributed by atoms with Crippen molar-refractivity contribution >= 4 is 23.2 Å². The van der Waals surface area contributed by atoms with Gasteiger partial charge in [0.2, 0.25) is 17.7 Å². The summed E-state index contributed by atoms with van der Waals surface area (Å²) in [4.78, 5) is 26.9. The van der Waals surface area contributed by atoms with Gasteiger partial charge < -0.3 is 19.4 Å². The number of carbonyl (C=O) groups excluding carboxylic acids is 2. The molecule has 1 N–H and O–H groups in total. The molecule has 0 spiro atoms. The average molecular weight is 483 g/mol. The third-order valence-electron chi connectivity index (χ3n) is 6.17. The summed E-state index contributed by atoms with van der Waals surface area (Å²) in [5.74, 6) is 0.793. The smallest absolute Gasteiger partial charge is 0.254 e. The summed E-state index contributed by atoms with van der Waals surface area (Å²) in [5, 5.41) is 11.1. The molecule has 36 heavy (non-hydrogen) atoms.